The number of aromatic amines is 1. The first-order chi connectivity index (χ1) is 7.79. The van der Waals surface area contributed by atoms with Gasteiger partial charge in [-0.25, -0.2) is 4.98 Å². The molecule has 2 rings (SSSR count). The summed E-state index contributed by atoms with van der Waals surface area (Å²) in [6.07, 6.45) is 5.79. The molecule has 1 aliphatic rings. The van der Waals surface area contributed by atoms with Crippen molar-refractivity contribution in [3.63, 3.8) is 0 Å². The Hall–Kier alpha value is -0.480. The van der Waals surface area contributed by atoms with Gasteiger partial charge in [0.05, 0.1) is 12.0 Å². The molecule has 1 aromatic rings. The van der Waals surface area contributed by atoms with E-state index in [0.29, 0.717) is 6.04 Å². The smallest absolute Gasteiger partial charge is 0.0925 e. The maximum atomic E-state index is 4.31. The van der Waals surface area contributed by atoms with Gasteiger partial charge >= 0.3 is 0 Å². The van der Waals surface area contributed by atoms with Gasteiger partial charge in [-0.05, 0) is 31.9 Å². The fourth-order valence-corrected chi connectivity index (χ4v) is 3.46. The van der Waals surface area contributed by atoms with E-state index in [4.69, 9.17) is 0 Å². The van der Waals surface area contributed by atoms with Gasteiger partial charge in [0.15, 0.2) is 0 Å². The van der Waals surface area contributed by atoms with Crippen LogP contribution >= 0.6 is 11.8 Å². The van der Waals surface area contributed by atoms with Crippen molar-refractivity contribution in [2.75, 3.05) is 5.75 Å². The number of imidazole rings is 1. The third kappa shape index (κ3) is 3.01. The van der Waals surface area contributed by atoms with Crippen LogP contribution in [0.5, 0.6) is 0 Å². The van der Waals surface area contributed by atoms with Crippen molar-refractivity contribution in [3.8, 4) is 0 Å². The van der Waals surface area contributed by atoms with Crippen LogP contribution in [0.15, 0.2) is 6.33 Å². The van der Waals surface area contributed by atoms with Crippen LogP contribution in [0.3, 0.4) is 0 Å². The molecule has 1 saturated carbocycles. The lowest BCUT2D eigenvalue weighted by Crippen LogP contribution is -2.26. The van der Waals surface area contributed by atoms with E-state index in [-0.39, 0.29) is 0 Å². The topological polar surface area (TPSA) is 40.7 Å². The largest absolute Gasteiger partial charge is 0.348 e. The van der Waals surface area contributed by atoms with Gasteiger partial charge < -0.3 is 10.3 Å². The number of aryl methyl sites for hydroxylation is 1. The molecule has 1 aromatic heterocycles. The number of nitrogens with one attached hydrogen (secondary N) is 2. The van der Waals surface area contributed by atoms with Crippen molar-refractivity contribution in [1.82, 2.24) is 15.3 Å². The second kappa shape index (κ2) is 5.73. The van der Waals surface area contributed by atoms with Gasteiger partial charge in [-0.2, -0.15) is 11.8 Å². The summed E-state index contributed by atoms with van der Waals surface area (Å²) in [6, 6.07) is 0.695. The first kappa shape index (κ1) is 12.0. The molecule has 16 heavy (non-hydrogen) atoms. The van der Waals surface area contributed by atoms with E-state index in [1.807, 2.05) is 0 Å². The van der Waals surface area contributed by atoms with Crippen molar-refractivity contribution >= 4 is 11.8 Å². The van der Waals surface area contributed by atoms with Gasteiger partial charge in [0, 0.05) is 23.5 Å². The number of H-pyrrole nitrogens is 1. The average molecular weight is 239 g/mol. The molecular weight excluding hydrogens is 218 g/mol. The number of thioether (sulfide) groups is 1. The minimum atomic E-state index is 0.695. The van der Waals surface area contributed by atoms with Crippen LogP contribution in [0.1, 0.15) is 37.6 Å². The van der Waals surface area contributed by atoms with Crippen LogP contribution in [0.2, 0.25) is 0 Å². The number of hydrogen-bond donors (Lipinski definition) is 2. The zero-order chi connectivity index (χ0) is 11.4. The summed E-state index contributed by atoms with van der Waals surface area (Å²) >= 11 is 2.11. The predicted molar refractivity (Wildman–Crippen MR) is 69.7 cm³/mol. The SMILES string of the molecule is CCSC1CCC(NCc2nc[nH]c2C)C1. The maximum Gasteiger partial charge on any atom is 0.0925 e. The molecule has 2 unspecified atom stereocenters. The summed E-state index contributed by atoms with van der Waals surface area (Å²) in [5, 5.41) is 4.49. The molecule has 0 radical (unpaired) electrons. The van der Waals surface area contributed by atoms with Gasteiger partial charge in [-0.15, -0.1) is 0 Å². The molecule has 3 nitrogen and oxygen atoms in total. The zero-order valence-electron chi connectivity index (χ0n) is 10.1. The number of rotatable bonds is 5. The van der Waals surface area contributed by atoms with E-state index in [9.17, 15) is 0 Å². The first-order valence-corrected chi connectivity index (χ1v) is 7.18. The Morgan fingerprint density at radius 3 is 3.12 bits per heavy atom. The maximum absolute atomic E-state index is 4.31. The quantitative estimate of drug-likeness (QED) is 0.829. The number of nitrogens with zero attached hydrogens (tertiary/aromatic N) is 1. The fourth-order valence-electron chi connectivity index (χ4n) is 2.32. The van der Waals surface area contributed by atoms with Crippen LogP contribution < -0.4 is 5.32 Å². The zero-order valence-corrected chi connectivity index (χ0v) is 10.9. The van der Waals surface area contributed by atoms with Crippen LogP contribution in [-0.4, -0.2) is 27.0 Å². The monoisotopic (exact) mass is 239 g/mol. The Bertz CT molecular complexity index is 324. The fraction of sp³-hybridized carbons (Fsp3) is 0.750. The van der Waals surface area contributed by atoms with Crippen molar-refractivity contribution in [2.24, 2.45) is 0 Å². The second-order valence-corrected chi connectivity index (χ2v) is 6.02. The van der Waals surface area contributed by atoms with Gasteiger partial charge in [-0.1, -0.05) is 6.92 Å². The molecule has 1 heterocycles. The number of hydrogen-bond acceptors (Lipinski definition) is 3. The van der Waals surface area contributed by atoms with Crippen LogP contribution in [0, 0.1) is 6.92 Å². The lowest BCUT2D eigenvalue weighted by molar-refractivity contribution is 0.520. The van der Waals surface area contributed by atoms with Gasteiger partial charge in [0.1, 0.15) is 0 Å². The summed E-state index contributed by atoms with van der Waals surface area (Å²) < 4.78 is 0. The Kier molecular flexibility index (Phi) is 4.29. The molecular formula is C12H21N3S. The van der Waals surface area contributed by atoms with E-state index in [1.165, 1.54) is 30.7 Å². The summed E-state index contributed by atoms with van der Waals surface area (Å²) in [6.45, 7) is 5.23. The Morgan fingerprint density at radius 1 is 1.56 bits per heavy atom. The van der Waals surface area contributed by atoms with E-state index >= 15 is 0 Å². The van der Waals surface area contributed by atoms with Crippen LogP contribution in [0.4, 0.5) is 0 Å². The highest BCUT2D eigenvalue weighted by Gasteiger charge is 2.24. The summed E-state index contributed by atoms with van der Waals surface area (Å²) in [5.74, 6) is 1.25. The summed E-state index contributed by atoms with van der Waals surface area (Å²) in [4.78, 5) is 7.43. The van der Waals surface area contributed by atoms with Gasteiger partial charge in [-0.3, -0.25) is 0 Å². The molecule has 0 bridgehead atoms. The van der Waals surface area contributed by atoms with Gasteiger partial charge in [0.2, 0.25) is 0 Å². The lowest BCUT2D eigenvalue weighted by atomic mass is 10.2. The predicted octanol–water partition coefficient (Wildman–Crippen LogP) is 2.48. The number of aromatic nitrogens is 2. The van der Waals surface area contributed by atoms with Crippen molar-refractivity contribution in [2.45, 2.75) is 50.9 Å². The standard InChI is InChI=1S/C12H21N3S/c1-3-16-11-5-4-10(6-11)13-7-12-9(2)14-8-15-12/h8,10-11,13H,3-7H2,1-2H3,(H,14,15). The van der Waals surface area contributed by atoms with Crippen molar-refractivity contribution in [3.05, 3.63) is 17.7 Å². The first-order valence-electron chi connectivity index (χ1n) is 6.13. The third-order valence-electron chi connectivity index (χ3n) is 3.28. The van der Waals surface area contributed by atoms with Crippen molar-refractivity contribution < 1.29 is 0 Å². The molecule has 0 amide bonds. The van der Waals surface area contributed by atoms with E-state index in [2.05, 4.69) is 40.9 Å². The molecule has 1 fully saturated rings. The molecule has 4 heteroatoms. The molecule has 90 valence electrons. The minimum Gasteiger partial charge on any atom is -0.348 e. The average Bonchev–Trinajstić information content (AvgIpc) is 2.86. The third-order valence-corrected chi connectivity index (χ3v) is 4.51. The normalized spacial score (nSPS) is 25.1. The second-order valence-electron chi connectivity index (χ2n) is 4.44. The van der Waals surface area contributed by atoms with E-state index in [1.54, 1.807) is 6.33 Å². The van der Waals surface area contributed by atoms with E-state index in [0.717, 1.165) is 17.5 Å². The summed E-state index contributed by atoms with van der Waals surface area (Å²) in [7, 11) is 0. The molecule has 0 aromatic carbocycles. The van der Waals surface area contributed by atoms with Crippen molar-refractivity contribution in [1.29, 1.82) is 0 Å². The molecule has 2 atom stereocenters. The summed E-state index contributed by atoms with van der Waals surface area (Å²) in [5.41, 5.74) is 2.34. The Balaban J connectivity index is 1.74. The minimum absolute atomic E-state index is 0.695. The van der Waals surface area contributed by atoms with Gasteiger partial charge in [0.25, 0.3) is 0 Å². The Labute approximate surface area is 102 Å². The molecule has 0 saturated heterocycles. The molecule has 0 aliphatic heterocycles. The highest BCUT2D eigenvalue weighted by atomic mass is 32.2. The molecule has 0 spiro atoms. The van der Waals surface area contributed by atoms with Crippen LogP contribution in [0.25, 0.3) is 0 Å². The lowest BCUT2D eigenvalue weighted by Gasteiger charge is -2.12. The Morgan fingerprint density at radius 2 is 2.44 bits per heavy atom. The molecule has 2 N–H and O–H groups in total. The van der Waals surface area contributed by atoms with Crippen LogP contribution in [-0.2, 0) is 6.54 Å². The van der Waals surface area contributed by atoms with E-state index < -0.39 is 0 Å². The highest BCUT2D eigenvalue weighted by molar-refractivity contribution is 7.99. The molecule has 1 aliphatic carbocycles. The highest BCUT2D eigenvalue weighted by Crippen LogP contribution is 2.29.